The highest BCUT2D eigenvalue weighted by Gasteiger charge is 2.42. The van der Waals surface area contributed by atoms with Gasteiger partial charge in [-0.3, -0.25) is 4.21 Å². The summed E-state index contributed by atoms with van der Waals surface area (Å²) in [5.74, 6) is 0.0698. The molecule has 0 bridgehead atoms. The molecule has 1 saturated carbocycles. The predicted octanol–water partition coefficient (Wildman–Crippen LogP) is 4.81. The molecule has 1 aromatic carbocycles. The van der Waals surface area contributed by atoms with Crippen LogP contribution in [0.4, 0.5) is 4.39 Å². The van der Waals surface area contributed by atoms with Crippen LogP contribution in [0.1, 0.15) is 58.9 Å². The lowest BCUT2D eigenvalue weighted by atomic mass is 9.86. The molecule has 162 valence electrons. The number of nitrogens with zero attached hydrogens (tertiary/aromatic N) is 2. The highest BCUT2D eigenvalue weighted by atomic mass is 32.2. The van der Waals surface area contributed by atoms with E-state index in [0.717, 1.165) is 25.7 Å². The van der Waals surface area contributed by atoms with Crippen molar-refractivity contribution in [1.82, 2.24) is 0 Å². The van der Waals surface area contributed by atoms with Gasteiger partial charge < -0.3 is 0 Å². The topological polar surface area (TPSA) is 70.3 Å². The van der Waals surface area contributed by atoms with Gasteiger partial charge in [-0.25, -0.2) is 13.0 Å². The second-order valence-corrected chi connectivity index (χ2v) is 14.2. The summed E-state index contributed by atoms with van der Waals surface area (Å²) >= 11 is 0. The van der Waals surface area contributed by atoms with Crippen molar-refractivity contribution in [2.75, 3.05) is 24.3 Å². The SMILES string of the molecule is CN=[S@](=O)(CC1(C#N)CCCC1)C[C@](C)(C[S@](=O)C(C)(C)C)c1ccccc1F. The van der Waals surface area contributed by atoms with Crippen molar-refractivity contribution < 1.29 is 12.8 Å². The molecule has 1 fully saturated rings. The van der Waals surface area contributed by atoms with Crippen molar-refractivity contribution in [3.63, 3.8) is 0 Å². The van der Waals surface area contributed by atoms with Crippen LogP contribution in [0, 0.1) is 22.6 Å². The molecule has 1 aliphatic rings. The molecule has 1 aliphatic carbocycles. The van der Waals surface area contributed by atoms with Crippen molar-refractivity contribution in [3.8, 4) is 6.07 Å². The van der Waals surface area contributed by atoms with E-state index in [-0.39, 0.29) is 17.3 Å². The largest absolute Gasteiger partial charge is 0.259 e. The molecule has 4 nitrogen and oxygen atoms in total. The van der Waals surface area contributed by atoms with Crippen molar-refractivity contribution in [2.24, 2.45) is 9.78 Å². The molecule has 0 radical (unpaired) electrons. The summed E-state index contributed by atoms with van der Waals surface area (Å²) in [6.45, 7) is 7.48. The Morgan fingerprint density at radius 3 is 2.31 bits per heavy atom. The quantitative estimate of drug-likeness (QED) is 0.611. The standard InChI is InChI=1S/C22H33FN2O2S2/c1-20(2,3)28(26)15-21(4,18-10-6-7-11-19(18)23)16-29(27,25-5)17-22(14-24)12-8-9-13-22/h6-7,10-11H,8-9,12-13,15-17H2,1-5H3/t21-,28-,29+/m0/s1. The van der Waals surface area contributed by atoms with Gasteiger partial charge in [-0.2, -0.15) is 5.26 Å². The van der Waals surface area contributed by atoms with Crippen LogP contribution in [-0.2, 0) is 25.9 Å². The van der Waals surface area contributed by atoms with Gasteiger partial charge in [0.05, 0.1) is 17.2 Å². The van der Waals surface area contributed by atoms with Gasteiger partial charge in [0.15, 0.2) is 0 Å². The third kappa shape index (κ3) is 5.67. The van der Waals surface area contributed by atoms with E-state index >= 15 is 0 Å². The molecule has 0 N–H and O–H groups in total. The normalized spacial score (nSPS) is 21.6. The van der Waals surface area contributed by atoms with E-state index in [4.69, 9.17) is 0 Å². The molecule has 0 aromatic heterocycles. The van der Waals surface area contributed by atoms with Crippen molar-refractivity contribution in [1.29, 1.82) is 5.26 Å². The van der Waals surface area contributed by atoms with Crippen LogP contribution in [0.3, 0.4) is 0 Å². The summed E-state index contributed by atoms with van der Waals surface area (Å²) in [4.78, 5) is 0. The number of benzene rings is 1. The molecular formula is C22H33FN2O2S2. The minimum absolute atomic E-state index is 0.0860. The van der Waals surface area contributed by atoms with Crippen molar-refractivity contribution in [3.05, 3.63) is 35.6 Å². The first-order valence-electron chi connectivity index (χ1n) is 10.0. The van der Waals surface area contributed by atoms with Crippen LogP contribution < -0.4 is 0 Å². The number of nitriles is 1. The maximum absolute atomic E-state index is 14.8. The first kappa shape index (κ1) is 24.0. The summed E-state index contributed by atoms with van der Waals surface area (Å²) in [5.41, 5.74) is -1.14. The second kappa shape index (κ2) is 8.85. The van der Waals surface area contributed by atoms with Gasteiger partial charge in [0.1, 0.15) is 5.82 Å². The van der Waals surface area contributed by atoms with E-state index in [1.165, 1.54) is 13.1 Å². The molecule has 0 saturated heterocycles. The number of halogens is 1. The average Bonchev–Trinajstić information content (AvgIpc) is 3.09. The molecule has 0 spiro atoms. The van der Waals surface area contributed by atoms with E-state index in [2.05, 4.69) is 10.4 Å². The fourth-order valence-corrected chi connectivity index (χ4v) is 8.33. The molecule has 0 amide bonds. The van der Waals surface area contributed by atoms with Crippen LogP contribution in [-0.4, -0.2) is 37.5 Å². The zero-order chi connectivity index (χ0) is 21.9. The van der Waals surface area contributed by atoms with Crippen LogP contribution in [0.25, 0.3) is 0 Å². The Labute approximate surface area is 177 Å². The zero-order valence-corrected chi connectivity index (χ0v) is 19.8. The Hall–Kier alpha value is -1.26. The summed E-state index contributed by atoms with van der Waals surface area (Å²) < 4.78 is 45.4. The molecule has 1 aromatic rings. The minimum atomic E-state index is -2.79. The van der Waals surface area contributed by atoms with Gasteiger partial charge >= 0.3 is 0 Å². The molecule has 7 heteroatoms. The van der Waals surface area contributed by atoms with E-state index in [1.807, 2.05) is 27.7 Å². The lowest BCUT2D eigenvalue weighted by molar-refractivity contribution is 0.460. The number of rotatable bonds is 7. The third-order valence-electron chi connectivity index (χ3n) is 5.83. The lowest BCUT2D eigenvalue weighted by Gasteiger charge is -2.35. The molecule has 0 unspecified atom stereocenters. The van der Waals surface area contributed by atoms with E-state index in [0.29, 0.717) is 5.56 Å². The molecule has 29 heavy (non-hydrogen) atoms. The Bertz CT molecular complexity index is 917. The Kier molecular flexibility index (Phi) is 7.33. The Morgan fingerprint density at radius 2 is 1.83 bits per heavy atom. The molecular weight excluding hydrogens is 407 g/mol. The maximum Gasteiger partial charge on any atom is 0.127 e. The summed E-state index contributed by atoms with van der Waals surface area (Å²) in [6, 6.07) is 8.82. The van der Waals surface area contributed by atoms with Gasteiger partial charge in [-0.1, -0.05) is 38.0 Å². The highest BCUT2D eigenvalue weighted by Crippen LogP contribution is 2.41. The molecule has 0 aliphatic heterocycles. The fraction of sp³-hybridized carbons (Fsp3) is 0.682. The Morgan fingerprint density at radius 1 is 1.24 bits per heavy atom. The van der Waals surface area contributed by atoms with Crippen molar-refractivity contribution >= 4 is 20.5 Å². The number of hydrogen-bond donors (Lipinski definition) is 0. The average molecular weight is 441 g/mol. The predicted molar refractivity (Wildman–Crippen MR) is 119 cm³/mol. The smallest absolute Gasteiger partial charge is 0.127 e. The van der Waals surface area contributed by atoms with Crippen molar-refractivity contribution in [2.45, 2.75) is 63.5 Å². The fourth-order valence-electron chi connectivity index (χ4n) is 4.10. The minimum Gasteiger partial charge on any atom is -0.259 e. The zero-order valence-electron chi connectivity index (χ0n) is 18.2. The monoisotopic (exact) mass is 440 g/mol. The molecule has 2 rings (SSSR count). The first-order chi connectivity index (χ1) is 13.4. The summed E-state index contributed by atoms with van der Waals surface area (Å²) in [5, 5.41) is 9.76. The van der Waals surface area contributed by atoms with Crippen LogP contribution in [0.5, 0.6) is 0 Å². The third-order valence-corrected chi connectivity index (χ3v) is 10.9. The van der Waals surface area contributed by atoms with Gasteiger partial charge in [-0.15, -0.1) is 0 Å². The number of hydrogen-bond acceptors (Lipinski definition) is 4. The van der Waals surface area contributed by atoms with E-state index in [9.17, 15) is 18.1 Å². The summed E-state index contributed by atoms with van der Waals surface area (Å²) in [6.07, 6.45) is 3.34. The van der Waals surface area contributed by atoms with Gasteiger partial charge in [0.2, 0.25) is 0 Å². The molecule has 0 heterocycles. The first-order valence-corrected chi connectivity index (χ1v) is 13.2. The van der Waals surface area contributed by atoms with Gasteiger partial charge in [0, 0.05) is 49.2 Å². The highest BCUT2D eigenvalue weighted by molar-refractivity contribution is 7.93. The maximum atomic E-state index is 14.8. The summed E-state index contributed by atoms with van der Waals surface area (Å²) in [7, 11) is -2.54. The second-order valence-electron chi connectivity index (χ2n) is 9.49. The van der Waals surface area contributed by atoms with Gasteiger partial charge in [0.25, 0.3) is 0 Å². The lowest BCUT2D eigenvalue weighted by Crippen LogP contribution is -2.43. The van der Waals surface area contributed by atoms with E-state index in [1.54, 1.807) is 18.2 Å². The van der Waals surface area contributed by atoms with Crippen LogP contribution in [0.2, 0.25) is 0 Å². The van der Waals surface area contributed by atoms with E-state index < -0.39 is 41.9 Å². The van der Waals surface area contributed by atoms with Crippen LogP contribution >= 0.6 is 0 Å². The Balaban J connectivity index is 2.48. The van der Waals surface area contributed by atoms with Crippen LogP contribution in [0.15, 0.2) is 28.6 Å². The molecule has 3 atom stereocenters. The van der Waals surface area contributed by atoms with Gasteiger partial charge in [-0.05, 0) is 45.2 Å².